The van der Waals surface area contributed by atoms with Gasteiger partial charge in [0.15, 0.2) is 0 Å². The van der Waals surface area contributed by atoms with Gasteiger partial charge in [-0.05, 0) is 49.8 Å². The molecule has 0 radical (unpaired) electrons. The summed E-state index contributed by atoms with van der Waals surface area (Å²) in [6.45, 7) is 6.37. The summed E-state index contributed by atoms with van der Waals surface area (Å²) in [4.78, 5) is 0. The van der Waals surface area contributed by atoms with E-state index >= 15 is 0 Å². The van der Waals surface area contributed by atoms with Crippen LogP contribution in [0, 0.1) is 0 Å². The van der Waals surface area contributed by atoms with Gasteiger partial charge in [0.05, 0.1) is 6.10 Å². The first-order chi connectivity index (χ1) is 9.31. The lowest BCUT2D eigenvalue weighted by molar-refractivity contribution is 0.0948. The SMILES string of the molecule is CCNC(Cc1ccc(CC)cc1)CC1CCCO1. The van der Waals surface area contributed by atoms with Gasteiger partial charge in [-0.25, -0.2) is 0 Å². The van der Waals surface area contributed by atoms with Crippen LogP contribution in [0.4, 0.5) is 0 Å². The van der Waals surface area contributed by atoms with Crippen LogP contribution in [0.2, 0.25) is 0 Å². The molecule has 2 rings (SSSR count). The number of hydrogen-bond acceptors (Lipinski definition) is 2. The van der Waals surface area contributed by atoms with E-state index in [0.29, 0.717) is 12.1 Å². The summed E-state index contributed by atoms with van der Waals surface area (Å²) in [5.41, 5.74) is 2.85. The number of hydrogen-bond donors (Lipinski definition) is 1. The average molecular weight is 261 g/mol. The molecule has 1 aliphatic rings. The first-order valence-corrected chi connectivity index (χ1v) is 7.74. The Morgan fingerprint density at radius 3 is 2.53 bits per heavy atom. The zero-order valence-corrected chi connectivity index (χ0v) is 12.3. The van der Waals surface area contributed by atoms with Crippen molar-refractivity contribution < 1.29 is 4.74 Å². The Bertz CT molecular complexity index is 354. The minimum absolute atomic E-state index is 0.471. The number of benzene rings is 1. The molecule has 0 bridgehead atoms. The minimum atomic E-state index is 0.471. The Balaban J connectivity index is 1.90. The smallest absolute Gasteiger partial charge is 0.0590 e. The van der Waals surface area contributed by atoms with Gasteiger partial charge in [0.2, 0.25) is 0 Å². The third-order valence-corrected chi connectivity index (χ3v) is 3.98. The molecule has 0 amide bonds. The summed E-state index contributed by atoms with van der Waals surface area (Å²) >= 11 is 0. The van der Waals surface area contributed by atoms with Crippen LogP contribution in [0.25, 0.3) is 0 Å². The predicted octanol–water partition coefficient (Wildman–Crippen LogP) is 3.34. The Morgan fingerprint density at radius 1 is 1.21 bits per heavy atom. The molecule has 0 aliphatic carbocycles. The molecule has 1 heterocycles. The summed E-state index contributed by atoms with van der Waals surface area (Å²) in [6.07, 6.45) is 6.30. The molecule has 2 heteroatoms. The highest BCUT2D eigenvalue weighted by molar-refractivity contribution is 5.23. The monoisotopic (exact) mass is 261 g/mol. The number of nitrogens with one attached hydrogen (secondary N) is 1. The van der Waals surface area contributed by atoms with Crippen LogP contribution in [0.15, 0.2) is 24.3 Å². The van der Waals surface area contributed by atoms with Crippen molar-refractivity contribution in [1.29, 1.82) is 0 Å². The van der Waals surface area contributed by atoms with Crippen LogP contribution in [0.5, 0.6) is 0 Å². The van der Waals surface area contributed by atoms with Crippen molar-refractivity contribution in [3.05, 3.63) is 35.4 Å². The van der Waals surface area contributed by atoms with Crippen LogP contribution in [0.1, 0.15) is 44.2 Å². The largest absolute Gasteiger partial charge is 0.378 e. The van der Waals surface area contributed by atoms with Crippen molar-refractivity contribution in [2.24, 2.45) is 0 Å². The molecule has 1 saturated heterocycles. The fourth-order valence-corrected chi connectivity index (χ4v) is 2.87. The third-order valence-electron chi connectivity index (χ3n) is 3.98. The van der Waals surface area contributed by atoms with Crippen molar-refractivity contribution >= 4 is 0 Å². The van der Waals surface area contributed by atoms with Crippen LogP contribution in [-0.4, -0.2) is 25.3 Å². The molecular formula is C17H27NO. The van der Waals surface area contributed by atoms with E-state index in [4.69, 9.17) is 4.74 Å². The van der Waals surface area contributed by atoms with Crippen LogP contribution in [-0.2, 0) is 17.6 Å². The second-order valence-electron chi connectivity index (χ2n) is 5.50. The maximum absolute atomic E-state index is 5.76. The Labute approximate surface area is 117 Å². The van der Waals surface area contributed by atoms with Gasteiger partial charge >= 0.3 is 0 Å². The average Bonchev–Trinajstić information content (AvgIpc) is 2.93. The molecule has 1 aliphatic heterocycles. The van der Waals surface area contributed by atoms with E-state index in [9.17, 15) is 0 Å². The quantitative estimate of drug-likeness (QED) is 0.813. The molecule has 1 aromatic rings. The molecule has 0 spiro atoms. The van der Waals surface area contributed by atoms with Crippen molar-refractivity contribution in [2.75, 3.05) is 13.2 Å². The van der Waals surface area contributed by atoms with Gasteiger partial charge < -0.3 is 10.1 Å². The van der Waals surface area contributed by atoms with E-state index in [1.54, 1.807) is 0 Å². The third kappa shape index (κ3) is 4.63. The summed E-state index contributed by atoms with van der Waals surface area (Å²) in [7, 11) is 0. The highest BCUT2D eigenvalue weighted by Gasteiger charge is 2.20. The zero-order chi connectivity index (χ0) is 13.5. The van der Waals surface area contributed by atoms with Crippen LogP contribution in [0.3, 0.4) is 0 Å². The van der Waals surface area contributed by atoms with Crippen LogP contribution < -0.4 is 5.32 Å². The summed E-state index contributed by atoms with van der Waals surface area (Å²) in [5, 5.41) is 3.61. The standard InChI is InChI=1S/C17H27NO/c1-3-14-7-9-15(10-8-14)12-16(18-4-2)13-17-6-5-11-19-17/h7-10,16-18H,3-6,11-13H2,1-2H3. The maximum Gasteiger partial charge on any atom is 0.0590 e. The molecule has 2 nitrogen and oxygen atoms in total. The Kier molecular flexibility index (Phi) is 5.87. The summed E-state index contributed by atoms with van der Waals surface area (Å²) in [6, 6.07) is 9.60. The first kappa shape index (κ1) is 14.5. The number of rotatable bonds is 7. The second kappa shape index (κ2) is 7.66. The Hall–Kier alpha value is -0.860. The lowest BCUT2D eigenvalue weighted by atomic mass is 9.98. The fourth-order valence-electron chi connectivity index (χ4n) is 2.87. The predicted molar refractivity (Wildman–Crippen MR) is 80.6 cm³/mol. The normalized spacial score (nSPS) is 20.6. The molecular weight excluding hydrogens is 234 g/mol. The summed E-state index contributed by atoms with van der Waals surface area (Å²) in [5.74, 6) is 0. The maximum atomic E-state index is 5.76. The Morgan fingerprint density at radius 2 is 1.95 bits per heavy atom. The van der Waals surface area contributed by atoms with Crippen molar-refractivity contribution in [3.8, 4) is 0 Å². The van der Waals surface area contributed by atoms with E-state index < -0.39 is 0 Å². The highest BCUT2D eigenvalue weighted by Crippen LogP contribution is 2.19. The van der Waals surface area contributed by atoms with Gasteiger partial charge in [0.1, 0.15) is 0 Å². The van der Waals surface area contributed by atoms with Crippen molar-refractivity contribution in [1.82, 2.24) is 5.32 Å². The molecule has 2 unspecified atom stereocenters. The molecule has 106 valence electrons. The molecule has 1 N–H and O–H groups in total. The van der Waals surface area contributed by atoms with Crippen molar-refractivity contribution in [3.63, 3.8) is 0 Å². The number of aryl methyl sites for hydroxylation is 1. The highest BCUT2D eigenvalue weighted by atomic mass is 16.5. The van der Waals surface area contributed by atoms with Crippen LogP contribution >= 0.6 is 0 Å². The lowest BCUT2D eigenvalue weighted by Crippen LogP contribution is -2.34. The van der Waals surface area contributed by atoms with E-state index in [1.807, 2.05) is 0 Å². The minimum Gasteiger partial charge on any atom is -0.378 e. The van der Waals surface area contributed by atoms with E-state index in [0.717, 1.165) is 32.4 Å². The van der Waals surface area contributed by atoms with Gasteiger partial charge in [-0.3, -0.25) is 0 Å². The van der Waals surface area contributed by atoms with E-state index in [1.165, 1.54) is 24.0 Å². The topological polar surface area (TPSA) is 21.3 Å². The lowest BCUT2D eigenvalue weighted by Gasteiger charge is -2.21. The van der Waals surface area contributed by atoms with E-state index in [-0.39, 0.29) is 0 Å². The fraction of sp³-hybridized carbons (Fsp3) is 0.647. The van der Waals surface area contributed by atoms with Gasteiger partial charge in [-0.1, -0.05) is 38.1 Å². The molecule has 2 atom stereocenters. The van der Waals surface area contributed by atoms with Crippen molar-refractivity contribution in [2.45, 2.75) is 58.1 Å². The zero-order valence-electron chi connectivity index (χ0n) is 12.3. The molecule has 19 heavy (non-hydrogen) atoms. The molecule has 1 fully saturated rings. The van der Waals surface area contributed by atoms with Gasteiger partial charge in [-0.15, -0.1) is 0 Å². The van der Waals surface area contributed by atoms with E-state index in [2.05, 4.69) is 43.4 Å². The van der Waals surface area contributed by atoms with Gasteiger partial charge in [0, 0.05) is 12.6 Å². The molecule has 0 saturated carbocycles. The first-order valence-electron chi connectivity index (χ1n) is 7.74. The summed E-state index contributed by atoms with van der Waals surface area (Å²) < 4.78 is 5.76. The van der Waals surface area contributed by atoms with Gasteiger partial charge in [0.25, 0.3) is 0 Å². The number of ether oxygens (including phenoxy) is 1. The molecule has 0 aromatic heterocycles. The second-order valence-corrected chi connectivity index (χ2v) is 5.50. The van der Waals surface area contributed by atoms with Gasteiger partial charge in [-0.2, -0.15) is 0 Å². The molecule has 1 aromatic carbocycles. The number of likely N-dealkylation sites (N-methyl/N-ethyl adjacent to an activating group) is 1.